The average molecular weight is 394 g/mol. The van der Waals surface area contributed by atoms with E-state index in [0.717, 1.165) is 16.3 Å². The third-order valence-electron chi connectivity index (χ3n) is 4.73. The van der Waals surface area contributed by atoms with Crippen LogP contribution in [0.15, 0.2) is 60.7 Å². The van der Waals surface area contributed by atoms with Crippen LogP contribution in [0, 0.1) is 5.82 Å². The number of methoxy groups -OCH3 is 1. The summed E-state index contributed by atoms with van der Waals surface area (Å²) in [7, 11) is 3.01. The van der Waals surface area contributed by atoms with Crippen LogP contribution in [0.25, 0.3) is 10.8 Å². The van der Waals surface area contributed by atoms with Crippen molar-refractivity contribution in [3.8, 4) is 5.75 Å². The third-order valence-corrected chi connectivity index (χ3v) is 4.73. The number of benzene rings is 3. The lowest BCUT2D eigenvalue weighted by Crippen LogP contribution is -2.38. The van der Waals surface area contributed by atoms with E-state index < -0.39 is 5.82 Å². The van der Waals surface area contributed by atoms with Crippen molar-refractivity contribution in [2.75, 3.05) is 20.7 Å². The number of fused-ring (bicyclic) bond motifs is 1. The molecular formula is C23H23FN2O3. The zero-order chi connectivity index (χ0) is 20.8. The summed E-state index contributed by atoms with van der Waals surface area (Å²) in [5, 5.41) is 4.76. The number of likely N-dealkylation sites (N-methyl/N-ethyl adjacent to an activating group) is 1. The van der Waals surface area contributed by atoms with Gasteiger partial charge in [-0.1, -0.05) is 48.5 Å². The Bertz CT molecular complexity index is 1030. The average Bonchev–Trinajstić information content (AvgIpc) is 2.72. The van der Waals surface area contributed by atoms with Crippen LogP contribution < -0.4 is 10.1 Å². The number of carbonyl (C=O) groups excluding carboxylic acids is 2. The molecule has 0 radical (unpaired) electrons. The molecule has 0 spiro atoms. The second-order valence-electron chi connectivity index (χ2n) is 6.81. The van der Waals surface area contributed by atoms with Crippen LogP contribution in [0.2, 0.25) is 0 Å². The predicted octanol–water partition coefficient (Wildman–Crippen LogP) is 3.30. The highest BCUT2D eigenvalue weighted by Gasteiger charge is 2.13. The molecule has 0 heterocycles. The lowest BCUT2D eigenvalue weighted by Gasteiger charge is -2.18. The van der Waals surface area contributed by atoms with Crippen molar-refractivity contribution in [3.63, 3.8) is 0 Å². The van der Waals surface area contributed by atoms with E-state index >= 15 is 0 Å². The minimum absolute atomic E-state index is 0.112. The Morgan fingerprint density at radius 1 is 1.07 bits per heavy atom. The van der Waals surface area contributed by atoms with E-state index in [-0.39, 0.29) is 37.1 Å². The summed E-state index contributed by atoms with van der Waals surface area (Å²) < 4.78 is 18.7. The first kappa shape index (κ1) is 20.3. The zero-order valence-corrected chi connectivity index (χ0v) is 16.4. The smallest absolute Gasteiger partial charge is 0.242 e. The molecule has 0 aliphatic rings. The molecule has 3 aromatic rings. The van der Waals surface area contributed by atoms with Crippen LogP contribution in [-0.2, 0) is 22.6 Å². The fraction of sp³-hybridized carbons (Fsp3) is 0.217. The number of hydrogen-bond acceptors (Lipinski definition) is 3. The van der Waals surface area contributed by atoms with Gasteiger partial charge in [0.05, 0.1) is 20.1 Å². The van der Waals surface area contributed by atoms with Gasteiger partial charge in [0.2, 0.25) is 11.8 Å². The fourth-order valence-corrected chi connectivity index (χ4v) is 3.16. The number of carbonyl (C=O) groups is 2. The van der Waals surface area contributed by atoms with Gasteiger partial charge in [-0.2, -0.15) is 0 Å². The zero-order valence-electron chi connectivity index (χ0n) is 16.4. The molecule has 150 valence electrons. The van der Waals surface area contributed by atoms with Crippen molar-refractivity contribution in [2.45, 2.75) is 13.0 Å². The van der Waals surface area contributed by atoms with E-state index in [2.05, 4.69) is 5.32 Å². The Morgan fingerprint density at radius 2 is 1.83 bits per heavy atom. The first-order chi connectivity index (χ1) is 14.0. The molecule has 29 heavy (non-hydrogen) atoms. The van der Waals surface area contributed by atoms with Crippen molar-refractivity contribution < 1.29 is 18.7 Å². The van der Waals surface area contributed by atoms with Gasteiger partial charge in [0.25, 0.3) is 0 Å². The molecule has 3 rings (SSSR count). The van der Waals surface area contributed by atoms with Gasteiger partial charge in [0, 0.05) is 13.6 Å². The predicted molar refractivity (Wildman–Crippen MR) is 110 cm³/mol. The number of hydrogen-bond donors (Lipinski definition) is 1. The quantitative estimate of drug-likeness (QED) is 0.669. The summed E-state index contributed by atoms with van der Waals surface area (Å²) >= 11 is 0. The summed E-state index contributed by atoms with van der Waals surface area (Å²) in [6, 6.07) is 18.2. The highest BCUT2D eigenvalue weighted by atomic mass is 19.1. The Balaban J connectivity index is 1.54. The maximum Gasteiger partial charge on any atom is 0.242 e. The Hall–Kier alpha value is -3.41. The summed E-state index contributed by atoms with van der Waals surface area (Å²) in [5.41, 5.74) is 1.55. The molecule has 0 bridgehead atoms. The van der Waals surface area contributed by atoms with E-state index in [0.29, 0.717) is 5.56 Å². The Morgan fingerprint density at radius 3 is 2.59 bits per heavy atom. The van der Waals surface area contributed by atoms with Crippen molar-refractivity contribution in [1.82, 2.24) is 10.2 Å². The maximum absolute atomic E-state index is 13.8. The Labute approximate surface area is 169 Å². The lowest BCUT2D eigenvalue weighted by atomic mass is 10.0. The largest absolute Gasteiger partial charge is 0.494 e. The number of halogens is 1. The van der Waals surface area contributed by atoms with Crippen LogP contribution in [0.1, 0.15) is 11.1 Å². The molecule has 1 N–H and O–H groups in total. The monoisotopic (exact) mass is 394 g/mol. The van der Waals surface area contributed by atoms with Crippen molar-refractivity contribution >= 4 is 22.6 Å². The molecule has 0 unspecified atom stereocenters. The summed E-state index contributed by atoms with van der Waals surface area (Å²) in [6.45, 7) is 0.123. The lowest BCUT2D eigenvalue weighted by molar-refractivity contribution is -0.132. The molecular weight excluding hydrogens is 371 g/mol. The molecule has 0 aliphatic heterocycles. The molecule has 5 nitrogen and oxygen atoms in total. The van der Waals surface area contributed by atoms with Gasteiger partial charge >= 0.3 is 0 Å². The maximum atomic E-state index is 13.8. The van der Waals surface area contributed by atoms with Gasteiger partial charge in [-0.05, 0) is 34.0 Å². The van der Waals surface area contributed by atoms with Gasteiger partial charge in [0.1, 0.15) is 0 Å². The number of amides is 2. The first-order valence-corrected chi connectivity index (χ1v) is 9.27. The SMILES string of the molecule is COc1ccc(CN(C)C(=O)CNC(=O)Cc2cccc3ccccc23)cc1F. The molecule has 0 saturated carbocycles. The number of rotatable bonds is 7. The molecule has 0 atom stereocenters. The molecule has 2 amide bonds. The highest BCUT2D eigenvalue weighted by molar-refractivity contribution is 5.91. The standard InChI is InChI=1S/C23H23FN2O3/c1-26(15-16-10-11-21(29-2)20(24)12-16)23(28)14-25-22(27)13-18-8-5-7-17-6-3-4-9-19(17)18/h3-12H,13-15H2,1-2H3,(H,25,27). The minimum atomic E-state index is -0.478. The third kappa shape index (κ3) is 5.10. The van der Waals surface area contributed by atoms with Gasteiger partial charge < -0.3 is 15.0 Å². The van der Waals surface area contributed by atoms with Crippen molar-refractivity contribution in [2.24, 2.45) is 0 Å². The molecule has 0 saturated heterocycles. The van der Waals surface area contributed by atoms with E-state index in [4.69, 9.17) is 4.74 Å². The summed E-state index contributed by atoms with van der Waals surface area (Å²) in [5.74, 6) is -0.802. The molecule has 0 fully saturated rings. The van der Waals surface area contributed by atoms with Gasteiger partial charge in [-0.3, -0.25) is 9.59 Å². The summed E-state index contributed by atoms with van der Waals surface area (Å²) in [6.07, 6.45) is 0.196. The van der Waals surface area contributed by atoms with Crippen molar-refractivity contribution in [3.05, 3.63) is 77.6 Å². The minimum Gasteiger partial charge on any atom is -0.494 e. The van der Waals surface area contributed by atoms with Crippen LogP contribution in [-0.4, -0.2) is 37.4 Å². The molecule has 6 heteroatoms. The number of ether oxygens (including phenoxy) is 1. The normalized spacial score (nSPS) is 10.6. The second kappa shape index (κ2) is 9.19. The fourth-order valence-electron chi connectivity index (χ4n) is 3.16. The van der Waals surface area contributed by atoms with Gasteiger partial charge in [-0.25, -0.2) is 4.39 Å². The molecule has 0 aromatic heterocycles. The van der Waals surface area contributed by atoms with Crippen LogP contribution >= 0.6 is 0 Å². The van der Waals surface area contributed by atoms with Gasteiger partial charge in [0.15, 0.2) is 11.6 Å². The second-order valence-corrected chi connectivity index (χ2v) is 6.81. The van der Waals surface area contributed by atoms with Crippen LogP contribution in [0.4, 0.5) is 4.39 Å². The number of nitrogens with one attached hydrogen (secondary N) is 1. The van der Waals surface area contributed by atoms with E-state index in [9.17, 15) is 14.0 Å². The van der Waals surface area contributed by atoms with Gasteiger partial charge in [-0.15, -0.1) is 0 Å². The molecule has 0 aliphatic carbocycles. The highest BCUT2D eigenvalue weighted by Crippen LogP contribution is 2.19. The van der Waals surface area contributed by atoms with Crippen molar-refractivity contribution in [1.29, 1.82) is 0 Å². The topological polar surface area (TPSA) is 58.6 Å². The summed E-state index contributed by atoms with van der Waals surface area (Å²) in [4.78, 5) is 26.1. The van der Waals surface area contributed by atoms with Crippen LogP contribution in [0.5, 0.6) is 5.75 Å². The Kier molecular flexibility index (Phi) is 6.44. The van der Waals surface area contributed by atoms with E-state index in [1.54, 1.807) is 13.1 Å². The van der Waals surface area contributed by atoms with E-state index in [1.807, 2.05) is 42.5 Å². The van der Waals surface area contributed by atoms with Crippen LogP contribution in [0.3, 0.4) is 0 Å². The number of nitrogens with zero attached hydrogens (tertiary/aromatic N) is 1. The molecule has 3 aromatic carbocycles. The van der Waals surface area contributed by atoms with E-state index in [1.165, 1.54) is 24.1 Å². The first-order valence-electron chi connectivity index (χ1n) is 9.27.